The number of alkyl halides is 1. The lowest BCUT2D eigenvalue weighted by Crippen LogP contribution is -2.08. The van der Waals surface area contributed by atoms with Gasteiger partial charge in [-0.1, -0.05) is 33.6 Å². The smallest absolute Gasteiger partial charge is 0.328 e. The molecule has 0 bridgehead atoms. The maximum atomic E-state index is 11.1. The number of hydrogen-bond donors (Lipinski definition) is 0. The Morgan fingerprint density at radius 3 is 2.71 bits per heavy atom. The lowest BCUT2D eigenvalue weighted by molar-refractivity contribution is -0.140. The SMILES string of the molecule is COC(=O)C(Cl)c1ccc(Br)cc1Cl. The number of halogens is 3. The molecule has 1 aromatic rings. The first kappa shape index (κ1) is 11.8. The van der Waals surface area contributed by atoms with Gasteiger partial charge in [0.1, 0.15) is 0 Å². The monoisotopic (exact) mass is 296 g/mol. The first-order valence-corrected chi connectivity index (χ1v) is 5.34. The highest BCUT2D eigenvalue weighted by molar-refractivity contribution is 9.10. The van der Waals surface area contributed by atoms with Crippen LogP contribution in [0.15, 0.2) is 22.7 Å². The van der Waals surface area contributed by atoms with Crippen molar-refractivity contribution in [2.24, 2.45) is 0 Å². The molecule has 0 heterocycles. The quantitative estimate of drug-likeness (QED) is 0.616. The van der Waals surface area contributed by atoms with Crippen molar-refractivity contribution < 1.29 is 9.53 Å². The van der Waals surface area contributed by atoms with Gasteiger partial charge < -0.3 is 4.74 Å². The molecule has 0 N–H and O–H groups in total. The first-order chi connectivity index (χ1) is 6.56. The molecule has 0 aliphatic heterocycles. The molecule has 0 aliphatic carbocycles. The van der Waals surface area contributed by atoms with Crippen LogP contribution in [0, 0.1) is 0 Å². The standard InChI is InChI=1S/C9H7BrCl2O2/c1-14-9(13)8(12)6-3-2-5(10)4-7(6)11/h2-4,8H,1H3. The Morgan fingerprint density at radius 2 is 2.21 bits per heavy atom. The molecule has 1 rings (SSSR count). The summed E-state index contributed by atoms with van der Waals surface area (Å²) in [7, 11) is 1.28. The van der Waals surface area contributed by atoms with E-state index in [1.54, 1.807) is 18.2 Å². The van der Waals surface area contributed by atoms with Crippen LogP contribution in [-0.4, -0.2) is 13.1 Å². The second-order valence-electron chi connectivity index (χ2n) is 2.55. The summed E-state index contributed by atoms with van der Waals surface area (Å²) in [5.41, 5.74) is 0.545. The summed E-state index contributed by atoms with van der Waals surface area (Å²) in [5, 5.41) is -0.426. The van der Waals surface area contributed by atoms with Crippen molar-refractivity contribution in [2.75, 3.05) is 7.11 Å². The van der Waals surface area contributed by atoms with E-state index in [-0.39, 0.29) is 0 Å². The van der Waals surface area contributed by atoms with Gasteiger partial charge in [0.25, 0.3) is 0 Å². The van der Waals surface area contributed by atoms with E-state index in [1.807, 2.05) is 0 Å². The maximum Gasteiger partial charge on any atom is 0.328 e. The van der Waals surface area contributed by atoms with Crippen molar-refractivity contribution in [3.8, 4) is 0 Å². The van der Waals surface area contributed by atoms with E-state index in [4.69, 9.17) is 23.2 Å². The minimum atomic E-state index is -0.861. The van der Waals surface area contributed by atoms with Crippen LogP contribution in [0.2, 0.25) is 5.02 Å². The Balaban J connectivity index is 3.01. The van der Waals surface area contributed by atoms with Crippen molar-refractivity contribution in [3.63, 3.8) is 0 Å². The molecule has 0 saturated heterocycles. The summed E-state index contributed by atoms with van der Waals surface area (Å²) >= 11 is 15.0. The predicted molar refractivity (Wildman–Crippen MR) is 59.8 cm³/mol. The highest BCUT2D eigenvalue weighted by Gasteiger charge is 2.20. The molecule has 0 fully saturated rings. The Kier molecular flexibility index (Phi) is 4.23. The van der Waals surface area contributed by atoms with E-state index in [0.29, 0.717) is 10.6 Å². The van der Waals surface area contributed by atoms with Gasteiger partial charge >= 0.3 is 5.97 Å². The van der Waals surface area contributed by atoms with Crippen LogP contribution in [0.4, 0.5) is 0 Å². The van der Waals surface area contributed by atoms with Crippen LogP contribution >= 0.6 is 39.1 Å². The van der Waals surface area contributed by atoms with Crippen LogP contribution in [0.25, 0.3) is 0 Å². The van der Waals surface area contributed by atoms with E-state index in [9.17, 15) is 4.79 Å². The van der Waals surface area contributed by atoms with Crippen LogP contribution < -0.4 is 0 Å². The number of esters is 1. The fraction of sp³-hybridized carbons (Fsp3) is 0.222. The Labute approximate surface area is 100 Å². The lowest BCUT2D eigenvalue weighted by atomic mass is 10.1. The van der Waals surface area contributed by atoms with Gasteiger partial charge in [-0.15, -0.1) is 11.6 Å². The minimum absolute atomic E-state index is 0.435. The fourth-order valence-electron chi connectivity index (χ4n) is 0.937. The van der Waals surface area contributed by atoms with E-state index < -0.39 is 11.3 Å². The number of benzene rings is 1. The zero-order chi connectivity index (χ0) is 10.7. The molecule has 0 saturated carbocycles. The van der Waals surface area contributed by atoms with Gasteiger partial charge in [-0.2, -0.15) is 0 Å². The molecule has 0 radical (unpaired) electrons. The fourth-order valence-corrected chi connectivity index (χ4v) is 2.06. The first-order valence-electron chi connectivity index (χ1n) is 3.73. The van der Waals surface area contributed by atoms with Crippen molar-refractivity contribution in [1.82, 2.24) is 0 Å². The van der Waals surface area contributed by atoms with Gasteiger partial charge in [-0.3, -0.25) is 4.79 Å². The van der Waals surface area contributed by atoms with Gasteiger partial charge in [0.2, 0.25) is 0 Å². The molecule has 0 aliphatic rings. The normalized spacial score (nSPS) is 12.3. The van der Waals surface area contributed by atoms with Gasteiger partial charge in [0.15, 0.2) is 5.38 Å². The Morgan fingerprint density at radius 1 is 1.57 bits per heavy atom. The Bertz CT molecular complexity index is 355. The number of ether oxygens (including phenoxy) is 1. The third-order valence-corrected chi connectivity index (χ3v) is 2.88. The van der Waals surface area contributed by atoms with Crippen LogP contribution in [0.3, 0.4) is 0 Å². The van der Waals surface area contributed by atoms with Gasteiger partial charge in [-0.05, 0) is 17.7 Å². The summed E-state index contributed by atoms with van der Waals surface area (Å²) in [5.74, 6) is -0.518. The second kappa shape index (κ2) is 5.01. The average Bonchev–Trinajstić information content (AvgIpc) is 2.15. The highest BCUT2D eigenvalue weighted by Crippen LogP contribution is 2.30. The van der Waals surface area contributed by atoms with Crippen molar-refractivity contribution in [3.05, 3.63) is 33.3 Å². The van der Waals surface area contributed by atoms with Crippen LogP contribution in [0.5, 0.6) is 0 Å². The van der Waals surface area contributed by atoms with E-state index in [0.717, 1.165) is 4.47 Å². The largest absolute Gasteiger partial charge is 0.468 e. The number of hydrogen-bond acceptors (Lipinski definition) is 2. The summed E-state index contributed by atoms with van der Waals surface area (Å²) < 4.78 is 5.34. The van der Waals surface area contributed by atoms with Gasteiger partial charge in [0.05, 0.1) is 7.11 Å². The molecule has 1 aromatic carbocycles. The topological polar surface area (TPSA) is 26.3 Å². The lowest BCUT2D eigenvalue weighted by Gasteiger charge is -2.09. The zero-order valence-electron chi connectivity index (χ0n) is 7.26. The third-order valence-electron chi connectivity index (χ3n) is 1.64. The van der Waals surface area contributed by atoms with E-state index in [2.05, 4.69) is 20.7 Å². The summed E-state index contributed by atoms with van der Waals surface area (Å²) in [6.07, 6.45) is 0. The summed E-state index contributed by atoms with van der Waals surface area (Å²) in [6.45, 7) is 0. The molecule has 2 nitrogen and oxygen atoms in total. The number of rotatable bonds is 2. The second-order valence-corrected chi connectivity index (χ2v) is 4.31. The molecule has 5 heteroatoms. The van der Waals surface area contributed by atoms with Crippen molar-refractivity contribution >= 4 is 45.1 Å². The van der Waals surface area contributed by atoms with Gasteiger partial charge in [0, 0.05) is 9.50 Å². The van der Waals surface area contributed by atoms with Gasteiger partial charge in [-0.25, -0.2) is 0 Å². The minimum Gasteiger partial charge on any atom is -0.468 e. The highest BCUT2D eigenvalue weighted by atomic mass is 79.9. The summed E-state index contributed by atoms with van der Waals surface area (Å²) in [6, 6.07) is 5.12. The molecule has 1 unspecified atom stereocenters. The predicted octanol–water partition coefficient (Wildman–Crippen LogP) is 3.56. The molecule has 0 aromatic heterocycles. The van der Waals surface area contributed by atoms with Crippen LogP contribution in [0.1, 0.15) is 10.9 Å². The molecular formula is C9H7BrCl2O2. The van der Waals surface area contributed by atoms with Crippen molar-refractivity contribution in [2.45, 2.75) is 5.38 Å². The van der Waals surface area contributed by atoms with E-state index >= 15 is 0 Å². The molecule has 0 spiro atoms. The zero-order valence-corrected chi connectivity index (χ0v) is 10.4. The third kappa shape index (κ3) is 2.62. The molecule has 1 atom stereocenters. The van der Waals surface area contributed by atoms with Crippen molar-refractivity contribution in [1.29, 1.82) is 0 Å². The Hall–Kier alpha value is -0.250. The number of carbonyl (C=O) groups excluding carboxylic acids is 1. The number of methoxy groups -OCH3 is 1. The van der Waals surface area contributed by atoms with Crippen LogP contribution in [-0.2, 0) is 9.53 Å². The molecule has 0 amide bonds. The maximum absolute atomic E-state index is 11.1. The average molecular weight is 298 g/mol. The number of carbonyl (C=O) groups is 1. The summed E-state index contributed by atoms with van der Waals surface area (Å²) in [4.78, 5) is 11.1. The van der Waals surface area contributed by atoms with E-state index in [1.165, 1.54) is 7.11 Å². The molecule has 76 valence electrons. The molecule has 14 heavy (non-hydrogen) atoms. The molecular weight excluding hydrogens is 291 g/mol.